The third kappa shape index (κ3) is 5.06. The van der Waals surface area contributed by atoms with Crippen LogP contribution in [0.1, 0.15) is 32.1 Å². The van der Waals surface area contributed by atoms with Gasteiger partial charge in [0.25, 0.3) is 5.91 Å². The monoisotopic (exact) mass is 396 g/mol. The van der Waals surface area contributed by atoms with Crippen molar-refractivity contribution >= 4 is 27.6 Å². The molecule has 3 rings (SSSR count). The third-order valence-corrected chi connectivity index (χ3v) is 6.54. The second-order valence-corrected chi connectivity index (χ2v) is 8.58. The first-order chi connectivity index (χ1) is 13.0. The normalized spacial score (nSPS) is 21.0. The zero-order chi connectivity index (χ0) is 19.3. The second-order valence-electron chi connectivity index (χ2n) is 6.65. The van der Waals surface area contributed by atoms with Gasteiger partial charge in [0.2, 0.25) is 10.0 Å². The molecule has 9 heteroatoms. The van der Waals surface area contributed by atoms with Crippen LogP contribution in [0.3, 0.4) is 0 Å². The summed E-state index contributed by atoms with van der Waals surface area (Å²) in [4.78, 5) is 23.8. The summed E-state index contributed by atoms with van der Waals surface area (Å²) in [7, 11) is -3.50. The molecule has 0 bridgehead atoms. The highest BCUT2D eigenvalue weighted by atomic mass is 32.2. The molecule has 0 radical (unpaired) electrons. The van der Waals surface area contributed by atoms with E-state index in [1.54, 1.807) is 0 Å². The zero-order valence-electron chi connectivity index (χ0n) is 15.1. The number of rotatable bonds is 6. The Bertz CT molecular complexity index is 766. The van der Waals surface area contributed by atoms with Crippen LogP contribution in [0.25, 0.3) is 0 Å². The lowest BCUT2D eigenvalue weighted by atomic mass is 10.2. The van der Waals surface area contributed by atoms with E-state index in [0.717, 1.165) is 25.7 Å². The second kappa shape index (κ2) is 8.81. The number of nitrogens with zero attached hydrogens (tertiary/aromatic N) is 1. The lowest BCUT2D eigenvalue weighted by Crippen LogP contribution is -2.35. The zero-order valence-corrected chi connectivity index (χ0v) is 15.9. The molecule has 2 aliphatic heterocycles. The number of hydrogen-bond donors (Lipinski definition) is 1. The number of amides is 1. The van der Waals surface area contributed by atoms with E-state index in [4.69, 9.17) is 9.47 Å². The van der Waals surface area contributed by atoms with Gasteiger partial charge in [-0.05, 0) is 49.9 Å². The highest BCUT2D eigenvalue weighted by molar-refractivity contribution is 7.89. The predicted molar refractivity (Wildman–Crippen MR) is 97.6 cm³/mol. The first-order valence-electron chi connectivity index (χ1n) is 9.15. The standard InChI is InChI=1S/C18H24N2O6S/c21-17(13-26-18(22)16-5-4-12-25-16)19-14-6-8-15(9-7-14)27(23,24)20-10-2-1-3-11-20/h6-9,16H,1-5,10-13H2,(H,19,21)/t16-/m0/s1. The summed E-state index contributed by atoms with van der Waals surface area (Å²) in [5.41, 5.74) is 0.436. The Kier molecular flexibility index (Phi) is 6.46. The van der Waals surface area contributed by atoms with Crippen molar-refractivity contribution in [3.8, 4) is 0 Å². The molecule has 0 aromatic heterocycles. The average molecular weight is 396 g/mol. The number of piperidine rings is 1. The van der Waals surface area contributed by atoms with E-state index in [0.29, 0.717) is 31.8 Å². The van der Waals surface area contributed by atoms with Crippen LogP contribution < -0.4 is 5.32 Å². The van der Waals surface area contributed by atoms with E-state index in [1.165, 1.54) is 28.6 Å². The number of esters is 1. The van der Waals surface area contributed by atoms with E-state index in [2.05, 4.69) is 5.32 Å². The largest absolute Gasteiger partial charge is 0.454 e. The van der Waals surface area contributed by atoms with Crippen molar-refractivity contribution in [2.24, 2.45) is 0 Å². The molecule has 1 aromatic carbocycles. The lowest BCUT2D eigenvalue weighted by Gasteiger charge is -2.25. The minimum absolute atomic E-state index is 0.201. The summed E-state index contributed by atoms with van der Waals surface area (Å²) in [5.74, 6) is -1.03. The maximum absolute atomic E-state index is 12.6. The Labute approximate surface area is 158 Å². The van der Waals surface area contributed by atoms with Gasteiger partial charge in [-0.3, -0.25) is 4.79 Å². The fraction of sp³-hybridized carbons (Fsp3) is 0.556. The van der Waals surface area contributed by atoms with Gasteiger partial charge in [-0.2, -0.15) is 4.31 Å². The van der Waals surface area contributed by atoms with Crippen molar-refractivity contribution in [2.75, 3.05) is 31.6 Å². The number of ether oxygens (including phenoxy) is 2. The van der Waals surface area contributed by atoms with Crippen molar-refractivity contribution in [1.82, 2.24) is 4.31 Å². The molecule has 0 aliphatic carbocycles. The van der Waals surface area contributed by atoms with Crippen LogP contribution in [0.5, 0.6) is 0 Å². The smallest absolute Gasteiger partial charge is 0.335 e. The number of benzene rings is 1. The highest BCUT2D eigenvalue weighted by Crippen LogP contribution is 2.22. The minimum Gasteiger partial charge on any atom is -0.454 e. The summed E-state index contributed by atoms with van der Waals surface area (Å²) in [6, 6.07) is 5.99. The summed E-state index contributed by atoms with van der Waals surface area (Å²) < 4.78 is 36.8. The number of nitrogens with one attached hydrogen (secondary N) is 1. The molecule has 0 unspecified atom stereocenters. The molecule has 27 heavy (non-hydrogen) atoms. The average Bonchev–Trinajstić information content (AvgIpc) is 3.22. The molecular weight excluding hydrogens is 372 g/mol. The van der Waals surface area contributed by atoms with Crippen LogP contribution in [-0.4, -0.2) is 57.0 Å². The van der Waals surface area contributed by atoms with Gasteiger partial charge in [0.1, 0.15) is 0 Å². The molecule has 2 fully saturated rings. The van der Waals surface area contributed by atoms with Gasteiger partial charge in [-0.15, -0.1) is 0 Å². The molecule has 8 nitrogen and oxygen atoms in total. The number of hydrogen-bond acceptors (Lipinski definition) is 6. The molecule has 148 valence electrons. The van der Waals surface area contributed by atoms with Crippen molar-refractivity contribution in [1.29, 1.82) is 0 Å². The van der Waals surface area contributed by atoms with Crippen LogP contribution in [-0.2, 0) is 29.1 Å². The Morgan fingerprint density at radius 2 is 1.81 bits per heavy atom. The van der Waals surface area contributed by atoms with Gasteiger partial charge in [0.15, 0.2) is 12.7 Å². The van der Waals surface area contributed by atoms with E-state index >= 15 is 0 Å². The molecule has 0 spiro atoms. The van der Waals surface area contributed by atoms with E-state index in [1.807, 2.05) is 0 Å². The number of sulfonamides is 1. The summed E-state index contributed by atoms with van der Waals surface area (Å²) in [6.07, 6.45) is 3.62. The number of anilines is 1. The fourth-order valence-electron chi connectivity index (χ4n) is 3.15. The van der Waals surface area contributed by atoms with Crippen molar-refractivity contribution in [3.63, 3.8) is 0 Å². The quantitative estimate of drug-likeness (QED) is 0.732. The van der Waals surface area contributed by atoms with E-state index < -0.39 is 34.6 Å². The number of carbonyl (C=O) groups excluding carboxylic acids is 2. The molecule has 1 aromatic rings. The molecule has 0 saturated carbocycles. The van der Waals surface area contributed by atoms with Crippen molar-refractivity contribution in [3.05, 3.63) is 24.3 Å². The van der Waals surface area contributed by atoms with Crippen LogP contribution in [0.4, 0.5) is 5.69 Å². The van der Waals surface area contributed by atoms with Gasteiger partial charge >= 0.3 is 5.97 Å². The first-order valence-corrected chi connectivity index (χ1v) is 10.6. The predicted octanol–water partition coefficient (Wildman–Crippen LogP) is 1.52. The van der Waals surface area contributed by atoms with Gasteiger partial charge in [0.05, 0.1) is 4.90 Å². The van der Waals surface area contributed by atoms with Crippen LogP contribution >= 0.6 is 0 Å². The van der Waals surface area contributed by atoms with Crippen LogP contribution in [0.15, 0.2) is 29.2 Å². The maximum atomic E-state index is 12.6. The highest BCUT2D eigenvalue weighted by Gasteiger charge is 2.26. The molecule has 1 atom stereocenters. The maximum Gasteiger partial charge on any atom is 0.335 e. The molecular formula is C18H24N2O6S. The number of carbonyl (C=O) groups is 2. The van der Waals surface area contributed by atoms with Crippen LogP contribution in [0.2, 0.25) is 0 Å². The Balaban J connectivity index is 1.52. The lowest BCUT2D eigenvalue weighted by molar-refractivity contribution is -0.156. The Hall–Kier alpha value is -1.97. The SMILES string of the molecule is O=C(COC(=O)[C@@H]1CCCO1)Nc1ccc(S(=O)(=O)N2CCCCC2)cc1. The molecule has 1 N–H and O–H groups in total. The van der Waals surface area contributed by atoms with Gasteiger partial charge < -0.3 is 14.8 Å². The third-order valence-electron chi connectivity index (χ3n) is 4.63. The van der Waals surface area contributed by atoms with Crippen molar-refractivity contribution in [2.45, 2.75) is 43.1 Å². The summed E-state index contributed by atoms with van der Waals surface area (Å²) >= 11 is 0. The molecule has 2 heterocycles. The van der Waals surface area contributed by atoms with Gasteiger partial charge in [0, 0.05) is 25.4 Å². The van der Waals surface area contributed by atoms with Crippen LogP contribution in [0, 0.1) is 0 Å². The minimum atomic E-state index is -3.50. The van der Waals surface area contributed by atoms with E-state index in [9.17, 15) is 18.0 Å². The summed E-state index contributed by atoms with van der Waals surface area (Å²) in [6.45, 7) is 1.19. The molecule has 2 saturated heterocycles. The topological polar surface area (TPSA) is 102 Å². The first kappa shape index (κ1) is 19.8. The summed E-state index contributed by atoms with van der Waals surface area (Å²) in [5, 5.41) is 2.58. The van der Waals surface area contributed by atoms with Crippen molar-refractivity contribution < 1.29 is 27.5 Å². The van der Waals surface area contributed by atoms with Gasteiger partial charge in [-0.1, -0.05) is 6.42 Å². The fourth-order valence-corrected chi connectivity index (χ4v) is 4.67. The molecule has 1 amide bonds. The van der Waals surface area contributed by atoms with Gasteiger partial charge in [-0.25, -0.2) is 13.2 Å². The van der Waals surface area contributed by atoms with E-state index in [-0.39, 0.29) is 4.90 Å². The molecule has 2 aliphatic rings. The Morgan fingerprint density at radius 3 is 2.44 bits per heavy atom. The Morgan fingerprint density at radius 1 is 1.11 bits per heavy atom.